The third-order valence-corrected chi connectivity index (χ3v) is 2.52. The van der Waals surface area contributed by atoms with Gasteiger partial charge in [0.15, 0.2) is 0 Å². The molecule has 1 aromatic carbocycles. The standard InChI is InChI=1S/C13H12N2O2/c1-8-12(7-14-9(2)15-8)10-4-3-5-11(6-10)13(16)17/h3-7H,1-2H3,(H,16,17). The van der Waals surface area contributed by atoms with Gasteiger partial charge in [0.1, 0.15) is 5.82 Å². The first-order valence-corrected chi connectivity index (χ1v) is 5.22. The minimum atomic E-state index is -0.933. The van der Waals surface area contributed by atoms with Crippen LogP contribution in [0.3, 0.4) is 0 Å². The van der Waals surface area contributed by atoms with Crippen molar-refractivity contribution >= 4 is 5.97 Å². The van der Waals surface area contributed by atoms with Gasteiger partial charge in [0.05, 0.1) is 5.56 Å². The van der Waals surface area contributed by atoms with Crippen molar-refractivity contribution in [2.75, 3.05) is 0 Å². The number of aryl methyl sites for hydroxylation is 2. The lowest BCUT2D eigenvalue weighted by Crippen LogP contribution is -1.98. The van der Waals surface area contributed by atoms with Crippen molar-refractivity contribution in [1.29, 1.82) is 0 Å². The van der Waals surface area contributed by atoms with Gasteiger partial charge in [-0.2, -0.15) is 0 Å². The first-order valence-electron chi connectivity index (χ1n) is 5.22. The number of aromatic nitrogens is 2. The number of benzene rings is 1. The fraction of sp³-hybridized carbons (Fsp3) is 0.154. The Morgan fingerprint density at radius 1 is 1.29 bits per heavy atom. The van der Waals surface area contributed by atoms with Crippen LogP contribution in [0.4, 0.5) is 0 Å². The number of carbonyl (C=O) groups is 1. The third kappa shape index (κ3) is 2.30. The first-order chi connectivity index (χ1) is 8.08. The molecule has 0 unspecified atom stereocenters. The molecule has 1 N–H and O–H groups in total. The Kier molecular flexibility index (Phi) is 2.87. The molecule has 0 fully saturated rings. The lowest BCUT2D eigenvalue weighted by Gasteiger charge is -2.06. The van der Waals surface area contributed by atoms with E-state index in [1.807, 2.05) is 19.9 Å². The van der Waals surface area contributed by atoms with Crippen LogP contribution >= 0.6 is 0 Å². The zero-order chi connectivity index (χ0) is 12.4. The van der Waals surface area contributed by atoms with Gasteiger partial charge in [-0.1, -0.05) is 12.1 Å². The van der Waals surface area contributed by atoms with Gasteiger partial charge in [-0.05, 0) is 31.5 Å². The molecule has 0 radical (unpaired) electrons. The Morgan fingerprint density at radius 2 is 2.06 bits per heavy atom. The maximum absolute atomic E-state index is 10.9. The molecule has 1 aromatic heterocycles. The Hall–Kier alpha value is -2.23. The summed E-state index contributed by atoms with van der Waals surface area (Å²) in [6.45, 7) is 3.71. The van der Waals surface area contributed by atoms with Gasteiger partial charge >= 0.3 is 5.97 Å². The molecule has 0 saturated heterocycles. The second-order valence-corrected chi connectivity index (χ2v) is 3.80. The smallest absolute Gasteiger partial charge is 0.335 e. The summed E-state index contributed by atoms with van der Waals surface area (Å²) in [4.78, 5) is 19.3. The summed E-state index contributed by atoms with van der Waals surface area (Å²) in [6, 6.07) is 6.77. The Labute approximate surface area is 99.0 Å². The van der Waals surface area contributed by atoms with Crippen LogP contribution in [0.5, 0.6) is 0 Å². The van der Waals surface area contributed by atoms with E-state index < -0.39 is 5.97 Å². The molecule has 4 heteroatoms. The van der Waals surface area contributed by atoms with Crippen molar-refractivity contribution in [3.05, 3.63) is 47.5 Å². The van der Waals surface area contributed by atoms with Crippen LogP contribution in [0.1, 0.15) is 21.9 Å². The fourth-order valence-corrected chi connectivity index (χ4v) is 1.69. The summed E-state index contributed by atoms with van der Waals surface area (Å²) in [6.07, 6.45) is 1.72. The Morgan fingerprint density at radius 3 is 2.71 bits per heavy atom. The number of rotatable bonds is 2. The van der Waals surface area contributed by atoms with E-state index in [4.69, 9.17) is 5.11 Å². The number of hydrogen-bond donors (Lipinski definition) is 1. The highest BCUT2D eigenvalue weighted by Gasteiger charge is 2.07. The van der Waals surface area contributed by atoms with Crippen molar-refractivity contribution in [1.82, 2.24) is 9.97 Å². The zero-order valence-corrected chi connectivity index (χ0v) is 9.64. The lowest BCUT2D eigenvalue weighted by molar-refractivity contribution is 0.0697. The van der Waals surface area contributed by atoms with Gasteiger partial charge in [-0.15, -0.1) is 0 Å². The number of carboxylic acids is 1. The van der Waals surface area contributed by atoms with E-state index in [1.54, 1.807) is 24.4 Å². The van der Waals surface area contributed by atoms with Crippen LogP contribution < -0.4 is 0 Å². The Balaban J connectivity index is 2.53. The van der Waals surface area contributed by atoms with E-state index in [9.17, 15) is 4.79 Å². The minimum absolute atomic E-state index is 0.266. The molecule has 86 valence electrons. The summed E-state index contributed by atoms with van der Waals surface area (Å²) >= 11 is 0. The average Bonchev–Trinajstić information content (AvgIpc) is 2.29. The van der Waals surface area contributed by atoms with Crippen LogP contribution in [-0.2, 0) is 0 Å². The van der Waals surface area contributed by atoms with Crippen molar-refractivity contribution in [2.24, 2.45) is 0 Å². The quantitative estimate of drug-likeness (QED) is 0.857. The van der Waals surface area contributed by atoms with Crippen molar-refractivity contribution < 1.29 is 9.90 Å². The van der Waals surface area contributed by atoms with Crippen LogP contribution in [0.25, 0.3) is 11.1 Å². The molecule has 0 aliphatic rings. The van der Waals surface area contributed by atoms with Crippen molar-refractivity contribution in [2.45, 2.75) is 13.8 Å². The fourth-order valence-electron chi connectivity index (χ4n) is 1.69. The molecular weight excluding hydrogens is 216 g/mol. The highest BCUT2D eigenvalue weighted by Crippen LogP contribution is 2.22. The zero-order valence-electron chi connectivity index (χ0n) is 9.64. The highest BCUT2D eigenvalue weighted by molar-refractivity contribution is 5.89. The Bertz CT molecular complexity index is 579. The summed E-state index contributed by atoms with van der Waals surface area (Å²) < 4.78 is 0. The van der Waals surface area contributed by atoms with Gasteiger partial charge in [0.25, 0.3) is 0 Å². The number of aromatic carboxylic acids is 1. The topological polar surface area (TPSA) is 63.1 Å². The van der Waals surface area contributed by atoms with Crippen molar-refractivity contribution in [3.63, 3.8) is 0 Å². The third-order valence-electron chi connectivity index (χ3n) is 2.52. The van der Waals surface area contributed by atoms with E-state index in [-0.39, 0.29) is 5.56 Å². The van der Waals surface area contributed by atoms with Crippen molar-refractivity contribution in [3.8, 4) is 11.1 Å². The highest BCUT2D eigenvalue weighted by atomic mass is 16.4. The van der Waals surface area contributed by atoms with E-state index in [0.29, 0.717) is 5.82 Å². The van der Waals surface area contributed by atoms with Gasteiger partial charge < -0.3 is 5.11 Å². The molecule has 17 heavy (non-hydrogen) atoms. The molecule has 2 rings (SSSR count). The number of carboxylic acid groups (broad SMARTS) is 1. The molecule has 0 amide bonds. The molecule has 1 heterocycles. The maximum atomic E-state index is 10.9. The molecule has 0 atom stereocenters. The predicted molar refractivity (Wildman–Crippen MR) is 63.9 cm³/mol. The molecule has 0 aliphatic carbocycles. The van der Waals surface area contributed by atoms with E-state index >= 15 is 0 Å². The second kappa shape index (κ2) is 4.33. The van der Waals surface area contributed by atoms with E-state index in [2.05, 4.69) is 9.97 Å². The summed E-state index contributed by atoms with van der Waals surface area (Å²) in [5.41, 5.74) is 2.80. The summed E-state index contributed by atoms with van der Waals surface area (Å²) in [5, 5.41) is 8.94. The minimum Gasteiger partial charge on any atom is -0.478 e. The first kappa shape index (κ1) is 11.3. The summed E-state index contributed by atoms with van der Waals surface area (Å²) in [7, 11) is 0. The van der Waals surface area contributed by atoms with Gasteiger partial charge in [-0.25, -0.2) is 14.8 Å². The maximum Gasteiger partial charge on any atom is 0.335 e. The summed E-state index contributed by atoms with van der Waals surface area (Å²) in [5.74, 6) is -0.224. The number of hydrogen-bond acceptors (Lipinski definition) is 3. The van der Waals surface area contributed by atoms with Gasteiger partial charge in [0.2, 0.25) is 0 Å². The monoisotopic (exact) mass is 228 g/mol. The van der Waals surface area contributed by atoms with Crippen LogP contribution in [0.15, 0.2) is 30.5 Å². The number of nitrogens with zero attached hydrogens (tertiary/aromatic N) is 2. The molecule has 0 saturated carbocycles. The lowest BCUT2D eigenvalue weighted by atomic mass is 10.0. The predicted octanol–water partition coefficient (Wildman–Crippen LogP) is 2.46. The normalized spacial score (nSPS) is 10.2. The molecule has 0 aliphatic heterocycles. The molecular formula is C13H12N2O2. The molecule has 2 aromatic rings. The van der Waals surface area contributed by atoms with E-state index in [0.717, 1.165) is 16.8 Å². The largest absolute Gasteiger partial charge is 0.478 e. The average molecular weight is 228 g/mol. The molecule has 0 spiro atoms. The van der Waals surface area contributed by atoms with Gasteiger partial charge in [-0.3, -0.25) is 0 Å². The van der Waals surface area contributed by atoms with E-state index in [1.165, 1.54) is 0 Å². The molecule has 4 nitrogen and oxygen atoms in total. The van der Waals surface area contributed by atoms with Crippen LogP contribution in [-0.4, -0.2) is 21.0 Å². The van der Waals surface area contributed by atoms with Crippen LogP contribution in [0.2, 0.25) is 0 Å². The van der Waals surface area contributed by atoms with Crippen LogP contribution in [0, 0.1) is 13.8 Å². The van der Waals surface area contributed by atoms with Gasteiger partial charge in [0, 0.05) is 17.5 Å². The second-order valence-electron chi connectivity index (χ2n) is 3.80. The molecule has 0 bridgehead atoms. The SMILES string of the molecule is Cc1ncc(-c2cccc(C(=O)O)c2)c(C)n1.